The van der Waals surface area contributed by atoms with Gasteiger partial charge in [0, 0.05) is 18.7 Å². The van der Waals surface area contributed by atoms with Crippen LogP contribution in [-0.4, -0.2) is 12.5 Å². The second-order valence-electron chi connectivity index (χ2n) is 5.08. The van der Waals surface area contributed by atoms with Crippen LogP contribution >= 0.6 is 0 Å². The maximum atomic E-state index is 12.1. The van der Waals surface area contributed by atoms with Crippen LogP contribution in [0.15, 0.2) is 18.2 Å². The molecule has 0 saturated carbocycles. The number of anilines is 1. The normalized spacial score (nSPS) is 10.7. The molecule has 0 aromatic heterocycles. The van der Waals surface area contributed by atoms with E-state index >= 15 is 0 Å². The topological polar surface area (TPSA) is 20.3 Å². The molecule has 0 spiro atoms. The van der Waals surface area contributed by atoms with E-state index in [1.807, 2.05) is 11.8 Å². The number of amides is 1. The van der Waals surface area contributed by atoms with Gasteiger partial charge in [-0.05, 0) is 49.9 Å². The van der Waals surface area contributed by atoms with Crippen molar-refractivity contribution in [1.29, 1.82) is 0 Å². The third-order valence-electron chi connectivity index (χ3n) is 2.72. The lowest BCUT2D eigenvalue weighted by atomic mass is 10.1. The van der Waals surface area contributed by atoms with Crippen molar-refractivity contribution in [2.45, 2.75) is 41.0 Å². The molecule has 0 unspecified atom stereocenters. The predicted molar refractivity (Wildman–Crippen MR) is 73.4 cm³/mol. The molecular formula is C15H23NO. The number of aryl methyl sites for hydroxylation is 2. The van der Waals surface area contributed by atoms with Gasteiger partial charge < -0.3 is 4.90 Å². The lowest BCUT2D eigenvalue weighted by Gasteiger charge is -2.23. The van der Waals surface area contributed by atoms with Crippen LogP contribution in [0.1, 0.15) is 38.3 Å². The Morgan fingerprint density at radius 2 is 1.71 bits per heavy atom. The predicted octanol–water partition coefficient (Wildman–Crippen LogP) is 3.70. The van der Waals surface area contributed by atoms with E-state index in [0.717, 1.165) is 12.2 Å². The fourth-order valence-corrected chi connectivity index (χ4v) is 2.07. The van der Waals surface area contributed by atoms with Crippen molar-refractivity contribution in [2.24, 2.45) is 5.92 Å². The Morgan fingerprint density at radius 3 is 2.12 bits per heavy atom. The minimum atomic E-state index is 0.215. The van der Waals surface area contributed by atoms with Gasteiger partial charge >= 0.3 is 0 Å². The Kier molecular flexibility index (Phi) is 4.73. The number of nitrogens with zero attached hydrogens (tertiary/aromatic N) is 1. The number of hydrogen-bond acceptors (Lipinski definition) is 1. The van der Waals surface area contributed by atoms with Gasteiger partial charge in [0.2, 0.25) is 5.91 Å². The second-order valence-corrected chi connectivity index (χ2v) is 5.08. The Morgan fingerprint density at radius 1 is 1.18 bits per heavy atom. The summed E-state index contributed by atoms with van der Waals surface area (Å²) in [6, 6.07) is 6.29. The fraction of sp³-hybridized carbons (Fsp3) is 0.533. The molecule has 0 heterocycles. The van der Waals surface area contributed by atoms with Gasteiger partial charge in [0.25, 0.3) is 0 Å². The molecule has 94 valence electrons. The summed E-state index contributed by atoms with van der Waals surface area (Å²) in [5.74, 6) is 0.620. The zero-order valence-electron chi connectivity index (χ0n) is 11.6. The molecule has 1 aromatic rings. The van der Waals surface area contributed by atoms with Crippen LogP contribution in [-0.2, 0) is 4.79 Å². The van der Waals surface area contributed by atoms with Crippen molar-refractivity contribution in [1.82, 2.24) is 0 Å². The van der Waals surface area contributed by atoms with Crippen molar-refractivity contribution in [3.63, 3.8) is 0 Å². The lowest BCUT2D eigenvalue weighted by molar-refractivity contribution is -0.119. The van der Waals surface area contributed by atoms with E-state index in [2.05, 4.69) is 45.9 Å². The average molecular weight is 233 g/mol. The Bertz CT molecular complexity index is 376. The van der Waals surface area contributed by atoms with Gasteiger partial charge in [-0.2, -0.15) is 0 Å². The summed E-state index contributed by atoms with van der Waals surface area (Å²) in [5, 5.41) is 0. The summed E-state index contributed by atoms with van der Waals surface area (Å²) in [7, 11) is 0. The van der Waals surface area contributed by atoms with Crippen LogP contribution in [0.25, 0.3) is 0 Å². The average Bonchev–Trinajstić information content (AvgIpc) is 2.15. The van der Waals surface area contributed by atoms with Crippen molar-refractivity contribution < 1.29 is 4.79 Å². The highest BCUT2D eigenvalue weighted by atomic mass is 16.2. The molecule has 2 heteroatoms. The SMILES string of the molecule is CCN(C(=O)CC(C)C)c1cc(C)cc(C)c1. The summed E-state index contributed by atoms with van der Waals surface area (Å²) in [5.41, 5.74) is 3.43. The number of carbonyl (C=O) groups excluding carboxylic acids is 1. The van der Waals surface area contributed by atoms with Gasteiger partial charge in [-0.3, -0.25) is 4.79 Å². The van der Waals surface area contributed by atoms with E-state index in [9.17, 15) is 4.79 Å². The van der Waals surface area contributed by atoms with Crippen LogP contribution < -0.4 is 4.90 Å². The maximum Gasteiger partial charge on any atom is 0.227 e. The van der Waals surface area contributed by atoms with Crippen LogP contribution in [0, 0.1) is 19.8 Å². The van der Waals surface area contributed by atoms with E-state index in [0.29, 0.717) is 12.3 Å². The van der Waals surface area contributed by atoms with Gasteiger partial charge in [-0.25, -0.2) is 0 Å². The van der Waals surface area contributed by atoms with Gasteiger partial charge in [0.15, 0.2) is 0 Å². The molecular weight excluding hydrogens is 210 g/mol. The summed E-state index contributed by atoms with van der Waals surface area (Å²) < 4.78 is 0. The van der Waals surface area contributed by atoms with E-state index in [-0.39, 0.29) is 5.91 Å². The summed E-state index contributed by atoms with van der Waals surface area (Å²) in [4.78, 5) is 14.0. The van der Waals surface area contributed by atoms with E-state index < -0.39 is 0 Å². The molecule has 1 aromatic carbocycles. The molecule has 0 aliphatic carbocycles. The maximum absolute atomic E-state index is 12.1. The van der Waals surface area contributed by atoms with Gasteiger partial charge in [0.05, 0.1) is 0 Å². The van der Waals surface area contributed by atoms with Crippen LogP contribution in [0.4, 0.5) is 5.69 Å². The highest BCUT2D eigenvalue weighted by molar-refractivity contribution is 5.93. The largest absolute Gasteiger partial charge is 0.313 e. The summed E-state index contributed by atoms with van der Waals surface area (Å²) >= 11 is 0. The molecule has 0 atom stereocenters. The third-order valence-corrected chi connectivity index (χ3v) is 2.72. The molecule has 2 nitrogen and oxygen atoms in total. The Hall–Kier alpha value is -1.31. The van der Waals surface area contributed by atoms with Gasteiger partial charge in [0.1, 0.15) is 0 Å². The molecule has 0 saturated heterocycles. The second kappa shape index (κ2) is 5.85. The zero-order chi connectivity index (χ0) is 13.0. The summed E-state index contributed by atoms with van der Waals surface area (Å²) in [6.07, 6.45) is 0.612. The highest BCUT2D eigenvalue weighted by Crippen LogP contribution is 2.20. The monoisotopic (exact) mass is 233 g/mol. The van der Waals surface area contributed by atoms with Crippen molar-refractivity contribution in [2.75, 3.05) is 11.4 Å². The van der Waals surface area contributed by atoms with E-state index in [1.54, 1.807) is 0 Å². The molecule has 0 aliphatic heterocycles. The van der Waals surface area contributed by atoms with Gasteiger partial charge in [-0.1, -0.05) is 19.9 Å². The standard InChI is InChI=1S/C15H23NO/c1-6-16(15(17)7-11(2)3)14-9-12(4)8-13(5)10-14/h8-11H,6-7H2,1-5H3. The zero-order valence-corrected chi connectivity index (χ0v) is 11.6. The van der Waals surface area contributed by atoms with Gasteiger partial charge in [-0.15, -0.1) is 0 Å². The molecule has 0 aliphatic rings. The molecule has 1 rings (SSSR count). The van der Waals surface area contributed by atoms with Crippen molar-refractivity contribution >= 4 is 11.6 Å². The lowest BCUT2D eigenvalue weighted by Crippen LogP contribution is -2.31. The molecule has 0 radical (unpaired) electrons. The molecule has 17 heavy (non-hydrogen) atoms. The first-order valence-electron chi connectivity index (χ1n) is 6.32. The van der Waals surface area contributed by atoms with Crippen molar-refractivity contribution in [3.05, 3.63) is 29.3 Å². The molecule has 0 bridgehead atoms. The first-order valence-corrected chi connectivity index (χ1v) is 6.32. The van der Waals surface area contributed by atoms with Crippen LogP contribution in [0.3, 0.4) is 0 Å². The first-order chi connectivity index (χ1) is 7.93. The number of carbonyl (C=O) groups is 1. The van der Waals surface area contributed by atoms with E-state index in [4.69, 9.17) is 0 Å². The minimum absolute atomic E-state index is 0.215. The number of rotatable bonds is 4. The molecule has 0 N–H and O–H groups in total. The quantitative estimate of drug-likeness (QED) is 0.776. The summed E-state index contributed by atoms with van der Waals surface area (Å²) in [6.45, 7) is 11.0. The first kappa shape index (κ1) is 13.8. The number of hydrogen-bond donors (Lipinski definition) is 0. The Labute approximate surface area is 105 Å². The number of benzene rings is 1. The Balaban J connectivity index is 2.96. The highest BCUT2D eigenvalue weighted by Gasteiger charge is 2.15. The van der Waals surface area contributed by atoms with Crippen LogP contribution in [0.2, 0.25) is 0 Å². The minimum Gasteiger partial charge on any atom is -0.313 e. The molecule has 0 fully saturated rings. The van der Waals surface area contributed by atoms with Crippen molar-refractivity contribution in [3.8, 4) is 0 Å². The van der Waals surface area contributed by atoms with Crippen LogP contribution in [0.5, 0.6) is 0 Å². The smallest absolute Gasteiger partial charge is 0.227 e. The molecule has 1 amide bonds. The van der Waals surface area contributed by atoms with E-state index in [1.165, 1.54) is 11.1 Å². The third kappa shape index (κ3) is 3.88. The fourth-order valence-electron chi connectivity index (χ4n) is 2.07.